The average Bonchev–Trinajstić information content (AvgIpc) is 2.68. The van der Waals surface area contributed by atoms with E-state index in [-0.39, 0.29) is 24.6 Å². The minimum absolute atomic E-state index is 0.121. The molecule has 0 radical (unpaired) electrons. The summed E-state index contributed by atoms with van der Waals surface area (Å²) in [6.07, 6.45) is 0.855. The van der Waals surface area contributed by atoms with Crippen LogP contribution in [-0.2, 0) is 4.84 Å². The molecule has 5 nitrogen and oxygen atoms in total. The summed E-state index contributed by atoms with van der Waals surface area (Å²) in [7, 11) is 1.37. The van der Waals surface area contributed by atoms with Crippen molar-refractivity contribution >= 4 is 6.03 Å². The van der Waals surface area contributed by atoms with Gasteiger partial charge in [0.1, 0.15) is 0 Å². The Balaban J connectivity index is 2.08. The summed E-state index contributed by atoms with van der Waals surface area (Å²) in [4.78, 5) is 15.1. The van der Waals surface area contributed by atoms with Crippen LogP contribution in [0.4, 0.5) is 4.79 Å². The van der Waals surface area contributed by atoms with Gasteiger partial charge in [-0.3, -0.25) is 4.84 Å². The number of carbonyl (C=O) groups is 1. The number of urea groups is 1. The van der Waals surface area contributed by atoms with Gasteiger partial charge in [-0.05, 0) is 6.42 Å². The number of aliphatic hydroxyl groups excluding tert-OH is 1. The van der Waals surface area contributed by atoms with Gasteiger partial charge in [0.05, 0.1) is 7.11 Å². The molecule has 1 aliphatic rings. The van der Waals surface area contributed by atoms with Crippen LogP contribution >= 0.6 is 0 Å². The third-order valence-corrected chi connectivity index (χ3v) is 1.67. The molecular formula is C6H12N2O3. The van der Waals surface area contributed by atoms with E-state index in [1.165, 1.54) is 7.11 Å². The first-order chi connectivity index (χ1) is 5.27. The molecule has 2 amide bonds. The van der Waals surface area contributed by atoms with E-state index in [1.54, 1.807) is 0 Å². The molecule has 1 saturated carbocycles. The first-order valence-corrected chi connectivity index (χ1v) is 3.48. The molecule has 5 heteroatoms. The Bertz CT molecular complexity index is 151. The number of hydrogen-bond donors (Lipinski definition) is 3. The van der Waals surface area contributed by atoms with Gasteiger partial charge in [0.25, 0.3) is 0 Å². The van der Waals surface area contributed by atoms with Gasteiger partial charge in [-0.25, -0.2) is 10.3 Å². The third-order valence-electron chi connectivity index (χ3n) is 1.67. The highest BCUT2D eigenvalue weighted by Crippen LogP contribution is 2.28. The van der Waals surface area contributed by atoms with Crippen LogP contribution < -0.4 is 10.8 Å². The van der Waals surface area contributed by atoms with E-state index >= 15 is 0 Å². The maximum Gasteiger partial charge on any atom is 0.338 e. The molecule has 1 fully saturated rings. The van der Waals surface area contributed by atoms with Crippen LogP contribution in [0, 0.1) is 5.92 Å². The van der Waals surface area contributed by atoms with Crippen molar-refractivity contribution in [2.45, 2.75) is 12.5 Å². The zero-order chi connectivity index (χ0) is 8.27. The molecule has 0 bridgehead atoms. The minimum Gasteiger partial charge on any atom is -0.396 e. The predicted octanol–water partition coefficient (Wildman–Crippen LogP) is -0.772. The van der Waals surface area contributed by atoms with Crippen molar-refractivity contribution < 1.29 is 14.7 Å². The zero-order valence-electron chi connectivity index (χ0n) is 6.33. The van der Waals surface area contributed by atoms with Crippen molar-refractivity contribution in [1.29, 1.82) is 0 Å². The third kappa shape index (κ3) is 2.36. The lowest BCUT2D eigenvalue weighted by atomic mass is 10.4. The molecule has 0 aromatic rings. The summed E-state index contributed by atoms with van der Waals surface area (Å²) in [6, 6.07) is -0.233. The molecule has 1 rings (SSSR count). The standard InChI is InChI=1S/C6H12N2O3/c1-11-8-6(10)7-5-2-4(5)3-9/h4-5,9H,2-3H2,1H3,(H2,7,8,10). The quantitative estimate of drug-likeness (QED) is 0.475. The number of amides is 2. The van der Waals surface area contributed by atoms with Gasteiger partial charge in [0.15, 0.2) is 0 Å². The lowest BCUT2D eigenvalue weighted by molar-refractivity contribution is 0.107. The Labute approximate surface area is 64.7 Å². The second kappa shape index (κ2) is 3.54. The van der Waals surface area contributed by atoms with Crippen molar-refractivity contribution in [1.82, 2.24) is 10.8 Å². The average molecular weight is 160 g/mol. The van der Waals surface area contributed by atoms with E-state index in [0.717, 1.165) is 6.42 Å². The predicted molar refractivity (Wildman–Crippen MR) is 37.7 cm³/mol. The fourth-order valence-electron chi connectivity index (χ4n) is 0.917. The largest absolute Gasteiger partial charge is 0.396 e. The molecule has 2 atom stereocenters. The lowest BCUT2D eigenvalue weighted by Gasteiger charge is -2.03. The van der Waals surface area contributed by atoms with Gasteiger partial charge in [0, 0.05) is 18.6 Å². The second-order valence-corrected chi connectivity index (χ2v) is 2.56. The van der Waals surface area contributed by atoms with Gasteiger partial charge in [-0.2, -0.15) is 0 Å². The summed E-state index contributed by atoms with van der Waals surface area (Å²) in [6.45, 7) is 0.137. The topological polar surface area (TPSA) is 70.6 Å². The first-order valence-electron chi connectivity index (χ1n) is 3.48. The lowest BCUT2D eigenvalue weighted by Crippen LogP contribution is -2.36. The maximum atomic E-state index is 10.7. The van der Waals surface area contributed by atoms with E-state index in [2.05, 4.69) is 15.6 Å². The van der Waals surface area contributed by atoms with E-state index < -0.39 is 0 Å². The van der Waals surface area contributed by atoms with Crippen LogP contribution in [0.3, 0.4) is 0 Å². The Morgan fingerprint density at radius 2 is 2.55 bits per heavy atom. The highest BCUT2D eigenvalue weighted by atomic mass is 16.6. The Morgan fingerprint density at radius 1 is 1.82 bits per heavy atom. The smallest absolute Gasteiger partial charge is 0.338 e. The molecule has 64 valence electrons. The molecule has 0 saturated heterocycles. The van der Waals surface area contributed by atoms with Crippen LogP contribution in [-0.4, -0.2) is 30.9 Å². The number of rotatable bonds is 3. The molecule has 1 aliphatic carbocycles. The van der Waals surface area contributed by atoms with Crippen molar-refractivity contribution in [3.05, 3.63) is 0 Å². The molecule has 0 aromatic heterocycles. The number of hydroxylamine groups is 1. The van der Waals surface area contributed by atoms with Crippen molar-refractivity contribution in [2.75, 3.05) is 13.7 Å². The molecule has 0 heterocycles. The normalized spacial score (nSPS) is 27.8. The van der Waals surface area contributed by atoms with Crippen LogP contribution in [0.25, 0.3) is 0 Å². The Morgan fingerprint density at radius 3 is 3.00 bits per heavy atom. The molecule has 0 aliphatic heterocycles. The molecule has 0 spiro atoms. The van der Waals surface area contributed by atoms with Crippen LogP contribution in [0.1, 0.15) is 6.42 Å². The Hall–Kier alpha value is -0.810. The summed E-state index contributed by atoms with van der Waals surface area (Å²) >= 11 is 0. The van der Waals surface area contributed by atoms with Gasteiger partial charge in [-0.1, -0.05) is 0 Å². The number of hydrogen-bond acceptors (Lipinski definition) is 3. The fourth-order valence-corrected chi connectivity index (χ4v) is 0.917. The van der Waals surface area contributed by atoms with Crippen LogP contribution in [0.2, 0.25) is 0 Å². The zero-order valence-corrected chi connectivity index (χ0v) is 6.33. The SMILES string of the molecule is CONC(=O)NC1CC1CO. The highest BCUT2D eigenvalue weighted by Gasteiger charge is 2.37. The molecule has 11 heavy (non-hydrogen) atoms. The number of aliphatic hydroxyl groups is 1. The molecule has 2 unspecified atom stereocenters. The summed E-state index contributed by atoms with van der Waals surface area (Å²) in [5.41, 5.74) is 2.13. The van der Waals surface area contributed by atoms with E-state index in [4.69, 9.17) is 5.11 Å². The van der Waals surface area contributed by atoms with Gasteiger partial charge in [-0.15, -0.1) is 0 Å². The maximum absolute atomic E-state index is 10.7. The van der Waals surface area contributed by atoms with Gasteiger partial charge >= 0.3 is 6.03 Å². The van der Waals surface area contributed by atoms with E-state index in [1.807, 2.05) is 0 Å². The monoisotopic (exact) mass is 160 g/mol. The van der Waals surface area contributed by atoms with Gasteiger partial charge in [0.2, 0.25) is 0 Å². The second-order valence-electron chi connectivity index (χ2n) is 2.56. The molecule has 0 aromatic carbocycles. The highest BCUT2D eigenvalue weighted by molar-refractivity contribution is 5.73. The summed E-state index contributed by atoms with van der Waals surface area (Å²) < 4.78 is 0. The summed E-state index contributed by atoms with van der Waals surface area (Å²) in [5, 5.41) is 11.2. The number of nitrogens with one attached hydrogen (secondary N) is 2. The van der Waals surface area contributed by atoms with Crippen LogP contribution in [0.5, 0.6) is 0 Å². The van der Waals surface area contributed by atoms with Crippen molar-refractivity contribution in [2.24, 2.45) is 5.92 Å². The molecular weight excluding hydrogens is 148 g/mol. The first kappa shape index (κ1) is 8.29. The molecule has 3 N–H and O–H groups in total. The minimum atomic E-state index is -0.353. The Kier molecular flexibility index (Phi) is 2.67. The number of carbonyl (C=O) groups excluding carboxylic acids is 1. The van der Waals surface area contributed by atoms with Crippen molar-refractivity contribution in [3.63, 3.8) is 0 Å². The van der Waals surface area contributed by atoms with Crippen LogP contribution in [0.15, 0.2) is 0 Å². The van der Waals surface area contributed by atoms with Gasteiger partial charge < -0.3 is 10.4 Å². The van der Waals surface area contributed by atoms with E-state index in [9.17, 15) is 4.79 Å². The van der Waals surface area contributed by atoms with E-state index in [0.29, 0.717) is 0 Å². The van der Waals surface area contributed by atoms with Crippen molar-refractivity contribution in [3.8, 4) is 0 Å². The fraction of sp³-hybridized carbons (Fsp3) is 0.833. The summed E-state index contributed by atoms with van der Waals surface area (Å²) in [5.74, 6) is 0.234.